The van der Waals surface area contributed by atoms with Gasteiger partial charge in [0.05, 0.1) is 12.8 Å². The minimum Gasteiger partial charge on any atom is -0.494 e. The van der Waals surface area contributed by atoms with Gasteiger partial charge in [-0.2, -0.15) is 0 Å². The molecule has 1 N–H and O–H groups in total. The Morgan fingerprint density at radius 3 is 2.70 bits per heavy atom. The summed E-state index contributed by atoms with van der Waals surface area (Å²) in [5.74, 6) is 0.714. The summed E-state index contributed by atoms with van der Waals surface area (Å²) in [7, 11) is 1.46. The van der Waals surface area contributed by atoms with Crippen LogP contribution in [0.2, 0.25) is 0 Å². The standard InChI is InChI=1S/C15H19FN2O2/c1-9(12-5-6-15(19-4)14(16)7-12)17-8-13-10(2)18-20-11(13)3/h5-7,9,17H,8H2,1-4H3. The van der Waals surface area contributed by atoms with Crippen molar-refractivity contribution in [2.24, 2.45) is 0 Å². The summed E-state index contributed by atoms with van der Waals surface area (Å²) < 4.78 is 23.7. The highest BCUT2D eigenvalue weighted by atomic mass is 19.1. The molecule has 20 heavy (non-hydrogen) atoms. The van der Waals surface area contributed by atoms with Crippen LogP contribution in [-0.2, 0) is 6.54 Å². The van der Waals surface area contributed by atoms with Crippen molar-refractivity contribution in [1.29, 1.82) is 0 Å². The Hall–Kier alpha value is -1.88. The van der Waals surface area contributed by atoms with Gasteiger partial charge in [0, 0.05) is 18.2 Å². The van der Waals surface area contributed by atoms with Gasteiger partial charge in [-0.1, -0.05) is 11.2 Å². The number of hydrogen-bond acceptors (Lipinski definition) is 4. The molecule has 0 saturated carbocycles. The lowest BCUT2D eigenvalue weighted by atomic mass is 10.1. The number of aryl methyl sites for hydroxylation is 2. The highest BCUT2D eigenvalue weighted by molar-refractivity contribution is 5.31. The summed E-state index contributed by atoms with van der Waals surface area (Å²) in [6.45, 7) is 6.41. The van der Waals surface area contributed by atoms with Crippen LogP contribution in [0.15, 0.2) is 22.7 Å². The molecule has 2 aromatic rings. The van der Waals surface area contributed by atoms with Gasteiger partial charge < -0.3 is 14.6 Å². The van der Waals surface area contributed by atoms with E-state index in [0.717, 1.165) is 22.6 Å². The quantitative estimate of drug-likeness (QED) is 0.911. The first-order valence-corrected chi connectivity index (χ1v) is 6.51. The Bertz CT molecular complexity index is 576. The van der Waals surface area contributed by atoms with Crippen molar-refractivity contribution >= 4 is 0 Å². The van der Waals surface area contributed by atoms with Gasteiger partial charge in [-0.15, -0.1) is 0 Å². The van der Waals surface area contributed by atoms with Gasteiger partial charge in [-0.05, 0) is 38.5 Å². The minimum atomic E-state index is -0.351. The van der Waals surface area contributed by atoms with Gasteiger partial charge in [-0.25, -0.2) is 4.39 Å². The van der Waals surface area contributed by atoms with Crippen LogP contribution in [-0.4, -0.2) is 12.3 Å². The molecule has 0 radical (unpaired) electrons. The van der Waals surface area contributed by atoms with Gasteiger partial charge in [0.15, 0.2) is 11.6 Å². The van der Waals surface area contributed by atoms with Gasteiger partial charge in [-0.3, -0.25) is 0 Å². The Balaban J connectivity index is 2.05. The predicted octanol–water partition coefficient (Wildman–Crippen LogP) is 3.29. The van der Waals surface area contributed by atoms with Crippen molar-refractivity contribution in [3.05, 3.63) is 46.6 Å². The van der Waals surface area contributed by atoms with E-state index in [-0.39, 0.29) is 17.6 Å². The largest absolute Gasteiger partial charge is 0.494 e. The number of nitrogens with zero attached hydrogens (tertiary/aromatic N) is 1. The molecule has 0 bridgehead atoms. The highest BCUT2D eigenvalue weighted by Crippen LogP contribution is 2.22. The Labute approximate surface area is 117 Å². The van der Waals surface area contributed by atoms with E-state index in [2.05, 4.69) is 10.5 Å². The molecule has 108 valence electrons. The van der Waals surface area contributed by atoms with Crippen molar-refractivity contribution < 1.29 is 13.7 Å². The van der Waals surface area contributed by atoms with Crippen molar-refractivity contribution in [2.75, 3.05) is 7.11 Å². The van der Waals surface area contributed by atoms with E-state index in [9.17, 15) is 4.39 Å². The zero-order valence-corrected chi connectivity index (χ0v) is 12.2. The van der Waals surface area contributed by atoms with Crippen LogP contribution in [0.5, 0.6) is 5.75 Å². The molecule has 0 aliphatic heterocycles. The van der Waals surface area contributed by atoms with Crippen LogP contribution >= 0.6 is 0 Å². The van der Waals surface area contributed by atoms with Crippen molar-refractivity contribution in [2.45, 2.75) is 33.4 Å². The molecule has 0 fully saturated rings. The number of methoxy groups -OCH3 is 1. The fourth-order valence-corrected chi connectivity index (χ4v) is 2.08. The maximum absolute atomic E-state index is 13.7. The average Bonchev–Trinajstić information content (AvgIpc) is 2.75. The number of aromatic nitrogens is 1. The molecule has 0 amide bonds. The fourth-order valence-electron chi connectivity index (χ4n) is 2.08. The van der Waals surface area contributed by atoms with Crippen molar-refractivity contribution in [3.63, 3.8) is 0 Å². The average molecular weight is 278 g/mol. The molecule has 0 aliphatic rings. The SMILES string of the molecule is COc1ccc(C(C)NCc2c(C)noc2C)cc1F. The summed E-state index contributed by atoms with van der Waals surface area (Å²) in [5.41, 5.74) is 2.80. The van der Waals surface area contributed by atoms with E-state index in [1.165, 1.54) is 13.2 Å². The molecule has 1 atom stereocenters. The van der Waals surface area contributed by atoms with E-state index < -0.39 is 0 Å². The third-order valence-electron chi connectivity index (χ3n) is 3.44. The molecule has 0 spiro atoms. The summed E-state index contributed by atoms with van der Waals surface area (Å²) in [5, 5.41) is 7.25. The van der Waals surface area contributed by atoms with Gasteiger partial charge in [0.1, 0.15) is 5.76 Å². The van der Waals surface area contributed by atoms with Crippen LogP contribution in [0, 0.1) is 19.7 Å². The molecule has 1 unspecified atom stereocenters. The number of hydrogen-bond donors (Lipinski definition) is 1. The highest BCUT2D eigenvalue weighted by Gasteiger charge is 2.12. The van der Waals surface area contributed by atoms with Crippen LogP contribution < -0.4 is 10.1 Å². The second-order valence-corrected chi connectivity index (χ2v) is 4.80. The minimum absolute atomic E-state index is 0.0177. The molecular weight excluding hydrogens is 259 g/mol. The third kappa shape index (κ3) is 2.99. The van der Waals surface area contributed by atoms with Crippen molar-refractivity contribution in [1.82, 2.24) is 10.5 Å². The van der Waals surface area contributed by atoms with E-state index in [1.807, 2.05) is 26.8 Å². The van der Waals surface area contributed by atoms with Crippen LogP contribution in [0.3, 0.4) is 0 Å². The zero-order chi connectivity index (χ0) is 14.7. The van der Waals surface area contributed by atoms with Gasteiger partial charge in [0.25, 0.3) is 0 Å². The predicted molar refractivity (Wildman–Crippen MR) is 74.2 cm³/mol. The van der Waals surface area contributed by atoms with E-state index in [1.54, 1.807) is 6.07 Å². The van der Waals surface area contributed by atoms with Crippen LogP contribution in [0.1, 0.15) is 35.5 Å². The van der Waals surface area contributed by atoms with Crippen LogP contribution in [0.4, 0.5) is 4.39 Å². The molecule has 4 nitrogen and oxygen atoms in total. The molecule has 0 saturated heterocycles. The van der Waals surface area contributed by atoms with Crippen LogP contribution in [0.25, 0.3) is 0 Å². The fraction of sp³-hybridized carbons (Fsp3) is 0.400. The summed E-state index contributed by atoms with van der Waals surface area (Å²) in [4.78, 5) is 0. The second kappa shape index (κ2) is 6.05. The lowest BCUT2D eigenvalue weighted by molar-refractivity contribution is 0.385. The van der Waals surface area contributed by atoms with E-state index >= 15 is 0 Å². The van der Waals surface area contributed by atoms with Crippen molar-refractivity contribution in [3.8, 4) is 5.75 Å². The maximum Gasteiger partial charge on any atom is 0.165 e. The number of benzene rings is 1. The summed E-state index contributed by atoms with van der Waals surface area (Å²) in [6.07, 6.45) is 0. The number of ether oxygens (including phenoxy) is 1. The van der Waals surface area contributed by atoms with E-state index in [4.69, 9.17) is 9.26 Å². The Kier molecular flexibility index (Phi) is 4.39. The van der Waals surface area contributed by atoms with E-state index in [0.29, 0.717) is 6.54 Å². The molecule has 1 aromatic carbocycles. The maximum atomic E-state index is 13.7. The molecule has 1 aromatic heterocycles. The molecule has 1 heterocycles. The lowest BCUT2D eigenvalue weighted by Crippen LogP contribution is -2.19. The first-order valence-electron chi connectivity index (χ1n) is 6.51. The van der Waals surface area contributed by atoms with Gasteiger partial charge in [0.2, 0.25) is 0 Å². The lowest BCUT2D eigenvalue weighted by Gasteiger charge is -2.15. The summed E-state index contributed by atoms with van der Waals surface area (Å²) >= 11 is 0. The normalized spacial score (nSPS) is 12.4. The first-order chi connectivity index (χ1) is 9.52. The molecular formula is C15H19FN2O2. The first kappa shape index (κ1) is 14.5. The smallest absolute Gasteiger partial charge is 0.165 e. The third-order valence-corrected chi connectivity index (χ3v) is 3.44. The number of halogens is 1. The number of nitrogens with one attached hydrogen (secondary N) is 1. The summed E-state index contributed by atoms with van der Waals surface area (Å²) in [6, 6.07) is 5.00. The number of rotatable bonds is 5. The second-order valence-electron chi connectivity index (χ2n) is 4.80. The Morgan fingerprint density at radius 1 is 1.40 bits per heavy atom. The molecule has 0 aliphatic carbocycles. The molecule has 2 rings (SSSR count). The zero-order valence-electron chi connectivity index (χ0n) is 12.2. The monoisotopic (exact) mass is 278 g/mol. The molecule has 5 heteroatoms. The topological polar surface area (TPSA) is 47.3 Å². The Morgan fingerprint density at radius 2 is 2.15 bits per heavy atom. The van der Waals surface area contributed by atoms with Gasteiger partial charge >= 0.3 is 0 Å².